The first-order chi connectivity index (χ1) is 7.99. The van der Waals surface area contributed by atoms with Gasteiger partial charge in [0.05, 0.1) is 0 Å². The van der Waals surface area contributed by atoms with Crippen LogP contribution in [0.25, 0.3) is 0 Å². The maximum Gasteiger partial charge on any atom is 0.262 e. The SMILES string of the molecule is NC1=NC(=O)[C@H](CC(=O)NCCCC(=O)[O-])S1. The van der Waals surface area contributed by atoms with Gasteiger partial charge in [-0.05, 0) is 12.8 Å². The number of hydrogen-bond acceptors (Lipinski definition) is 6. The van der Waals surface area contributed by atoms with E-state index < -0.39 is 17.1 Å². The number of amides is 2. The van der Waals surface area contributed by atoms with E-state index in [1.165, 1.54) is 0 Å². The molecule has 1 aliphatic rings. The fourth-order valence-electron chi connectivity index (χ4n) is 1.23. The van der Waals surface area contributed by atoms with Gasteiger partial charge in [0, 0.05) is 18.9 Å². The van der Waals surface area contributed by atoms with Gasteiger partial charge in [-0.3, -0.25) is 9.59 Å². The molecule has 0 radical (unpaired) electrons. The second-order valence-electron chi connectivity index (χ2n) is 3.42. The Balaban J connectivity index is 2.18. The first-order valence-electron chi connectivity index (χ1n) is 5.00. The minimum absolute atomic E-state index is 0.000971. The highest BCUT2D eigenvalue weighted by molar-refractivity contribution is 8.15. The molecular formula is C9H12N3O4S-. The van der Waals surface area contributed by atoms with Crippen molar-refractivity contribution < 1.29 is 19.5 Å². The molecule has 0 aromatic heterocycles. The number of hydrogen-bond donors (Lipinski definition) is 2. The topological polar surface area (TPSA) is 125 Å². The zero-order valence-electron chi connectivity index (χ0n) is 8.97. The number of carboxylic acid groups (broad SMARTS) is 1. The van der Waals surface area contributed by atoms with Gasteiger partial charge in [-0.1, -0.05) is 11.8 Å². The smallest absolute Gasteiger partial charge is 0.262 e. The standard InChI is InChI=1S/C9H13N3O4S/c10-9-12-8(16)5(17-9)4-6(13)11-3-1-2-7(14)15/h5H,1-4H2,(H,11,13)(H,14,15)(H2,10,12,16)/p-1/t5-/m0/s1. The molecule has 0 aromatic carbocycles. The number of nitrogens with two attached hydrogens (primary N) is 1. The van der Waals surface area contributed by atoms with E-state index in [4.69, 9.17) is 5.73 Å². The third kappa shape index (κ3) is 4.85. The summed E-state index contributed by atoms with van der Waals surface area (Å²) >= 11 is 1.06. The zero-order chi connectivity index (χ0) is 12.8. The first kappa shape index (κ1) is 13.5. The molecule has 7 nitrogen and oxygen atoms in total. The second-order valence-corrected chi connectivity index (χ2v) is 4.65. The molecule has 8 heteroatoms. The lowest BCUT2D eigenvalue weighted by molar-refractivity contribution is -0.305. The summed E-state index contributed by atoms with van der Waals surface area (Å²) in [5.74, 6) is -1.88. The highest BCUT2D eigenvalue weighted by Crippen LogP contribution is 2.22. The van der Waals surface area contributed by atoms with E-state index in [-0.39, 0.29) is 30.5 Å². The molecule has 0 aromatic rings. The van der Waals surface area contributed by atoms with E-state index in [9.17, 15) is 19.5 Å². The van der Waals surface area contributed by atoms with E-state index in [0.29, 0.717) is 6.42 Å². The molecule has 0 spiro atoms. The van der Waals surface area contributed by atoms with Crippen LogP contribution in [0.2, 0.25) is 0 Å². The predicted molar refractivity (Wildman–Crippen MR) is 59.9 cm³/mol. The van der Waals surface area contributed by atoms with Crippen molar-refractivity contribution in [2.45, 2.75) is 24.5 Å². The van der Waals surface area contributed by atoms with E-state index in [2.05, 4.69) is 10.3 Å². The van der Waals surface area contributed by atoms with Crippen LogP contribution >= 0.6 is 11.8 Å². The number of thioether (sulfide) groups is 1. The lowest BCUT2D eigenvalue weighted by atomic mass is 10.2. The third-order valence-electron chi connectivity index (χ3n) is 2.01. The monoisotopic (exact) mass is 258 g/mol. The Morgan fingerprint density at radius 1 is 1.53 bits per heavy atom. The van der Waals surface area contributed by atoms with E-state index in [1.807, 2.05) is 0 Å². The number of aliphatic carboxylic acids is 1. The van der Waals surface area contributed by atoms with Crippen LogP contribution in [0.1, 0.15) is 19.3 Å². The van der Waals surface area contributed by atoms with Crippen molar-refractivity contribution in [2.75, 3.05) is 6.54 Å². The van der Waals surface area contributed by atoms with E-state index >= 15 is 0 Å². The van der Waals surface area contributed by atoms with Crippen LogP contribution in [-0.2, 0) is 14.4 Å². The van der Waals surface area contributed by atoms with E-state index in [0.717, 1.165) is 11.8 Å². The Hall–Kier alpha value is -1.57. The van der Waals surface area contributed by atoms with Crippen LogP contribution in [0.4, 0.5) is 0 Å². The van der Waals surface area contributed by atoms with Crippen molar-refractivity contribution in [3.8, 4) is 0 Å². The van der Waals surface area contributed by atoms with Gasteiger partial charge in [-0.15, -0.1) is 0 Å². The van der Waals surface area contributed by atoms with Gasteiger partial charge in [0.2, 0.25) is 5.91 Å². The lowest BCUT2D eigenvalue weighted by Crippen LogP contribution is -2.30. The largest absolute Gasteiger partial charge is 0.550 e. The first-order valence-corrected chi connectivity index (χ1v) is 5.88. The molecule has 1 aliphatic heterocycles. The molecule has 3 N–H and O–H groups in total. The van der Waals surface area contributed by atoms with Crippen LogP contribution in [0.15, 0.2) is 4.99 Å². The maximum absolute atomic E-state index is 11.4. The molecule has 17 heavy (non-hydrogen) atoms. The molecule has 0 saturated heterocycles. The van der Waals surface area contributed by atoms with Crippen LogP contribution in [0, 0.1) is 0 Å². The molecule has 94 valence electrons. The molecule has 0 bridgehead atoms. The van der Waals surface area contributed by atoms with Crippen LogP contribution in [0.3, 0.4) is 0 Å². The number of carbonyl (C=O) groups excluding carboxylic acids is 3. The number of carboxylic acids is 1. The normalized spacial score (nSPS) is 18.9. The number of rotatable bonds is 6. The predicted octanol–water partition coefficient (Wildman–Crippen LogP) is -2.02. The summed E-state index contributed by atoms with van der Waals surface area (Å²) in [6.45, 7) is 0.245. The number of amidine groups is 1. The molecule has 1 rings (SSSR count). The molecule has 1 heterocycles. The summed E-state index contributed by atoms with van der Waals surface area (Å²) < 4.78 is 0. The molecule has 0 aliphatic carbocycles. The molecule has 0 unspecified atom stereocenters. The summed E-state index contributed by atoms with van der Waals surface area (Å²) in [4.78, 5) is 36.1. The maximum atomic E-state index is 11.4. The van der Waals surface area contributed by atoms with Gasteiger partial charge in [-0.2, -0.15) is 4.99 Å². The highest BCUT2D eigenvalue weighted by atomic mass is 32.2. The summed E-state index contributed by atoms with van der Waals surface area (Å²) in [5.41, 5.74) is 5.33. The Bertz CT molecular complexity index is 369. The fourth-order valence-corrected chi connectivity index (χ4v) is 2.06. The highest BCUT2D eigenvalue weighted by Gasteiger charge is 2.28. The number of nitrogens with one attached hydrogen (secondary N) is 1. The van der Waals surface area contributed by atoms with E-state index in [1.54, 1.807) is 0 Å². The van der Waals surface area contributed by atoms with Crippen molar-refractivity contribution in [2.24, 2.45) is 10.7 Å². The quantitative estimate of drug-likeness (QED) is 0.530. The Labute approximate surface area is 102 Å². The summed E-state index contributed by atoms with van der Waals surface area (Å²) in [6, 6.07) is 0. The van der Waals surface area contributed by atoms with Crippen LogP contribution in [0.5, 0.6) is 0 Å². The molecule has 2 amide bonds. The number of aliphatic imine (C=N–C) groups is 1. The van der Waals surface area contributed by atoms with Gasteiger partial charge in [0.1, 0.15) is 5.25 Å². The van der Waals surface area contributed by atoms with Crippen molar-refractivity contribution in [1.82, 2.24) is 5.32 Å². The summed E-state index contributed by atoms with van der Waals surface area (Å²) in [6.07, 6.45) is 0.199. The van der Waals surface area contributed by atoms with Gasteiger partial charge in [-0.25, -0.2) is 0 Å². The zero-order valence-corrected chi connectivity index (χ0v) is 9.79. The second kappa shape index (κ2) is 6.24. The van der Waals surface area contributed by atoms with Crippen LogP contribution in [-0.4, -0.2) is 34.7 Å². The van der Waals surface area contributed by atoms with Gasteiger partial charge < -0.3 is 21.0 Å². The van der Waals surface area contributed by atoms with Gasteiger partial charge >= 0.3 is 0 Å². The molecule has 1 atom stereocenters. The lowest BCUT2D eigenvalue weighted by Gasteiger charge is -2.07. The molecule has 0 saturated carbocycles. The summed E-state index contributed by atoms with van der Waals surface area (Å²) in [5, 5.41) is 12.2. The van der Waals surface area contributed by atoms with Gasteiger partial charge in [0.15, 0.2) is 5.17 Å². The van der Waals surface area contributed by atoms with Crippen LogP contribution < -0.4 is 16.2 Å². The summed E-state index contributed by atoms with van der Waals surface area (Å²) in [7, 11) is 0. The average Bonchev–Trinajstić information content (AvgIpc) is 2.52. The number of nitrogens with zero attached hydrogens (tertiary/aromatic N) is 1. The fraction of sp³-hybridized carbons (Fsp3) is 0.556. The minimum Gasteiger partial charge on any atom is -0.550 e. The van der Waals surface area contributed by atoms with Crippen molar-refractivity contribution in [1.29, 1.82) is 0 Å². The molecular weight excluding hydrogens is 246 g/mol. The minimum atomic E-state index is -1.15. The Kier molecular flexibility index (Phi) is 4.95. The Morgan fingerprint density at radius 2 is 2.24 bits per heavy atom. The van der Waals surface area contributed by atoms with Gasteiger partial charge in [0.25, 0.3) is 5.91 Å². The molecule has 0 fully saturated rings. The van der Waals surface area contributed by atoms with Crippen molar-refractivity contribution in [3.05, 3.63) is 0 Å². The van der Waals surface area contributed by atoms with Crippen molar-refractivity contribution >= 4 is 34.7 Å². The van der Waals surface area contributed by atoms with Crippen molar-refractivity contribution in [3.63, 3.8) is 0 Å². The number of carbonyl (C=O) groups is 3. The average molecular weight is 258 g/mol. The Morgan fingerprint density at radius 3 is 2.76 bits per heavy atom. The third-order valence-corrected chi connectivity index (χ3v) is 3.00.